The van der Waals surface area contributed by atoms with E-state index in [1.54, 1.807) is 0 Å². The van der Waals surface area contributed by atoms with Crippen LogP contribution in [0.15, 0.2) is 30.3 Å². The van der Waals surface area contributed by atoms with E-state index in [0.717, 1.165) is 5.75 Å². The molecule has 0 spiro atoms. The lowest BCUT2D eigenvalue weighted by Gasteiger charge is -2.23. The zero-order valence-electron chi connectivity index (χ0n) is 14.2. The van der Waals surface area contributed by atoms with Crippen molar-refractivity contribution in [2.45, 2.75) is 6.29 Å². The molecule has 0 heterocycles. The molecule has 1 unspecified atom stereocenters. The van der Waals surface area contributed by atoms with E-state index in [9.17, 15) is 0 Å². The highest BCUT2D eigenvalue weighted by Crippen LogP contribution is 2.12. The molecule has 0 radical (unpaired) electrons. The third-order valence-electron chi connectivity index (χ3n) is 2.86. The van der Waals surface area contributed by atoms with E-state index >= 15 is 0 Å². The normalized spacial score (nSPS) is 12.1. The summed E-state index contributed by atoms with van der Waals surface area (Å²) in [5.41, 5.74) is 0. The van der Waals surface area contributed by atoms with Gasteiger partial charge in [-0.25, -0.2) is 0 Å². The molecule has 23 heavy (non-hydrogen) atoms. The Morgan fingerprint density at radius 2 is 1.52 bits per heavy atom. The highest BCUT2D eigenvalue weighted by atomic mass is 16.8. The fourth-order valence-electron chi connectivity index (χ4n) is 1.70. The number of hydrogen-bond donors (Lipinski definition) is 3. The van der Waals surface area contributed by atoms with Crippen molar-refractivity contribution in [1.29, 1.82) is 0 Å². The van der Waals surface area contributed by atoms with Gasteiger partial charge in [-0.3, -0.25) is 0 Å². The summed E-state index contributed by atoms with van der Waals surface area (Å²) in [6.45, 7) is 2.91. The highest BCUT2D eigenvalue weighted by Gasteiger charge is 2.27. The molecule has 0 aliphatic rings. The van der Waals surface area contributed by atoms with Gasteiger partial charge < -0.3 is 34.7 Å². The molecule has 1 aromatic rings. The van der Waals surface area contributed by atoms with Crippen molar-refractivity contribution < 1.29 is 18.7 Å². The van der Waals surface area contributed by atoms with Crippen LogP contribution < -0.4 is 20.7 Å². The molecule has 0 aliphatic heterocycles. The SMILES string of the molecule is CNCCOB(OCCNC)OC(CNC)Oc1ccccc1. The Labute approximate surface area is 139 Å². The van der Waals surface area contributed by atoms with E-state index in [1.807, 2.05) is 51.5 Å². The van der Waals surface area contributed by atoms with Crippen molar-refractivity contribution in [3.05, 3.63) is 30.3 Å². The first-order valence-electron chi connectivity index (χ1n) is 7.84. The third kappa shape index (κ3) is 9.55. The maximum absolute atomic E-state index is 5.82. The van der Waals surface area contributed by atoms with Gasteiger partial charge in [0.2, 0.25) is 6.29 Å². The van der Waals surface area contributed by atoms with E-state index < -0.39 is 13.6 Å². The quantitative estimate of drug-likeness (QED) is 0.254. The summed E-state index contributed by atoms with van der Waals surface area (Å²) in [7, 11) is 4.79. The van der Waals surface area contributed by atoms with Crippen LogP contribution in [0.1, 0.15) is 0 Å². The van der Waals surface area contributed by atoms with Crippen LogP contribution in [-0.2, 0) is 14.0 Å². The fourth-order valence-corrected chi connectivity index (χ4v) is 1.70. The molecule has 0 saturated carbocycles. The lowest BCUT2D eigenvalue weighted by molar-refractivity contribution is -0.0421. The van der Waals surface area contributed by atoms with Crippen LogP contribution in [-0.4, -0.2) is 67.6 Å². The standard InChI is InChI=1S/C15H28BN3O4/c1-17-9-11-20-16(21-12-10-18-2)23-15(13-19-3)22-14-7-5-4-6-8-14/h4-8,15,17-19H,9-13H2,1-3H3. The van der Waals surface area contributed by atoms with Gasteiger partial charge in [0.1, 0.15) is 5.75 Å². The van der Waals surface area contributed by atoms with E-state index in [1.165, 1.54) is 0 Å². The Morgan fingerprint density at radius 1 is 0.913 bits per heavy atom. The average molecular weight is 325 g/mol. The summed E-state index contributed by atoms with van der Waals surface area (Å²) >= 11 is 0. The summed E-state index contributed by atoms with van der Waals surface area (Å²) in [5, 5.41) is 9.08. The van der Waals surface area contributed by atoms with Crippen molar-refractivity contribution in [1.82, 2.24) is 16.0 Å². The van der Waals surface area contributed by atoms with Crippen molar-refractivity contribution >= 4 is 7.32 Å². The molecule has 1 aromatic carbocycles. The molecule has 0 aromatic heterocycles. The minimum atomic E-state index is -0.779. The molecular formula is C15H28BN3O4. The smallest absolute Gasteiger partial charge is 0.465 e. The first-order valence-corrected chi connectivity index (χ1v) is 7.84. The average Bonchev–Trinajstić information content (AvgIpc) is 2.56. The second-order valence-electron chi connectivity index (χ2n) is 4.79. The lowest BCUT2D eigenvalue weighted by atomic mass is 10.2. The molecule has 7 nitrogen and oxygen atoms in total. The summed E-state index contributed by atoms with van der Waals surface area (Å²) < 4.78 is 22.8. The van der Waals surface area contributed by atoms with Gasteiger partial charge in [0.05, 0.1) is 6.54 Å². The first-order chi connectivity index (χ1) is 11.3. The molecule has 0 fully saturated rings. The van der Waals surface area contributed by atoms with E-state index in [-0.39, 0.29) is 0 Å². The zero-order chi connectivity index (χ0) is 16.8. The monoisotopic (exact) mass is 325 g/mol. The first kappa shape index (κ1) is 19.9. The second-order valence-corrected chi connectivity index (χ2v) is 4.79. The number of hydrogen-bond acceptors (Lipinski definition) is 7. The molecule has 130 valence electrons. The summed E-state index contributed by atoms with van der Waals surface area (Å²) in [6.07, 6.45) is -0.517. The van der Waals surface area contributed by atoms with Gasteiger partial charge in [0.15, 0.2) is 0 Å². The number of nitrogens with one attached hydrogen (secondary N) is 3. The van der Waals surface area contributed by atoms with Gasteiger partial charge in [-0.1, -0.05) is 18.2 Å². The molecule has 0 amide bonds. The van der Waals surface area contributed by atoms with Gasteiger partial charge in [-0.2, -0.15) is 0 Å². The number of ether oxygens (including phenoxy) is 1. The number of rotatable bonds is 14. The largest absolute Gasteiger partial charge is 0.642 e. The molecule has 8 heteroatoms. The molecule has 0 bridgehead atoms. The van der Waals surface area contributed by atoms with Crippen molar-refractivity contribution in [3.63, 3.8) is 0 Å². The van der Waals surface area contributed by atoms with E-state index in [0.29, 0.717) is 32.8 Å². The summed E-state index contributed by atoms with van der Waals surface area (Å²) in [5.74, 6) is 0.733. The predicted molar refractivity (Wildman–Crippen MR) is 91.4 cm³/mol. The Hall–Kier alpha value is -1.16. The van der Waals surface area contributed by atoms with Gasteiger partial charge >= 0.3 is 7.32 Å². The molecule has 0 aliphatic carbocycles. The maximum Gasteiger partial charge on any atom is 0.642 e. The third-order valence-corrected chi connectivity index (χ3v) is 2.86. The molecule has 3 N–H and O–H groups in total. The van der Waals surface area contributed by atoms with Crippen molar-refractivity contribution in [2.75, 3.05) is 54.0 Å². The van der Waals surface area contributed by atoms with Crippen LogP contribution in [0.3, 0.4) is 0 Å². The Morgan fingerprint density at radius 3 is 2.04 bits per heavy atom. The number of para-hydroxylation sites is 1. The van der Waals surface area contributed by atoms with Crippen LogP contribution in [0.25, 0.3) is 0 Å². The number of benzene rings is 1. The van der Waals surface area contributed by atoms with Gasteiger partial charge in [-0.15, -0.1) is 0 Å². The van der Waals surface area contributed by atoms with Crippen LogP contribution >= 0.6 is 0 Å². The van der Waals surface area contributed by atoms with Crippen LogP contribution in [0, 0.1) is 0 Å². The Balaban J connectivity index is 2.54. The van der Waals surface area contributed by atoms with E-state index in [4.69, 9.17) is 18.7 Å². The molecule has 1 atom stereocenters. The van der Waals surface area contributed by atoms with Crippen LogP contribution in [0.4, 0.5) is 0 Å². The minimum Gasteiger partial charge on any atom is -0.465 e. The van der Waals surface area contributed by atoms with Crippen molar-refractivity contribution in [2.24, 2.45) is 0 Å². The van der Waals surface area contributed by atoms with Gasteiger partial charge in [0, 0.05) is 26.3 Å². The molecule has 1 rings (SSSR count). The highest BCUT2D eigenvalue weighted by molar-refractivity contribution is 6.36. The van der Waals surface area contributed by atoms with Crippen molar-refractivity contribution in [3.8, 4) is 5.75 Å². The fraction of sp³-hybridized carbons (Fsp3) is 0.600. The van der Waals surface area contributed by atoms with Crippen LogP contribution in [0.5, 0.6) is 5.75 Å². The van der Waals surface area contributed by atoms with Gasteiger partial charge in [0.25, 0.3) is 0 Å². The topological polar surface area (TPSA) is 73.0 Å². The zero-order valence-corrected chi connectivity index (χ0v) is 14.2. The van der Waals surface area contributed by atoms with Gasteiger partial charge in [-0.05, 0) is 33.3 Å². The maximum atomic E-state index is 5.82. The Bertz CT molecular complexity index is 376. The summed E-state index contributed by atoms with van der Waals surface area (Å²) in [4.78, 5) is 0. The summed E-state index contributed by atoms with van der Waals surface area (Å²) in [6, 6.07) is 9.52. The predicted octanol–water partition coefficient (Wildman–Crippen LogP) is 0.0844. The minimum absolute atomic E-state index is 0.484. The number of likely N-dealkylation sites (N-methyl/N-ethyl adjacent to an activating group) is 3. The van der Waals surface area contributed by atoms with Crippen LogP contribution in [0.2, 0.25) is 0 Å². The van der Waals surface area contributed by atoms with E-state index in [2.05, 4.69) is 16.0 Å². The molecule has 0 saturated heterocycles. The lowest BCUT2D eigenvalue weighted by Crippen LogP contribution is -2.41. The Kier molecular flexibility index (Phi) is 11.5. The molecular weight excluding hydrogens is 297 g/mol. The second kappa shape index (κ2) is 13.3.